The zero-order valence-electron chi connectivity index (χ0n) is 32.9. The van der Waals surface area contributed by atoms with E-state index in [0.717, 1.165) is 11.1 Å². The third kappa shape index (κ3) is 12.1. The fourth-order valence-electron chi connectivity index (χ4n) is 5.50. The molecule has 0 saturated carbocycles. The maximum atomic E-state index is 13.5. The smallest absolute Gasteiger partial charge is 0.437 e. The summed E-state index contributed by atoms with van der Waals surface area (Å²) in [5, 5.41) is 2.68. The van der Waals surface area contributed by atoms with Crippen molar-refractivity contribution >= 4 is 40.6 Å². The van der Waals surface area contributed by atoms with Gasteiger partial charge in [0.1, 0.15) is 19.0 Å². The summed E-state index contributed by atoms with van der Waals surface area (Å²) in [5.41, 5.74) is 1.60. The highest BCUT2D eigenvalue weighted by molar-refractivity contribution is 6.74. The molecule has 0 spiro atoms. The van der Waals surface area contributed by atoms with Gasteiger partial charge < -0.3 is 23.2 Å². The predicted molar refractivity (Wildman–Crippen MR) is 208 cm³/mol. The van der Waals surface area contributed by atoms with Crippen molar-refractivity contribution < 1.29 is 32.7 Å². The molecule has 0 aliphatic carbocycles. The second-order valence-corrected chi connectivity index (χ2v) is 26.3. The number of hydrogen-bond acceptors (Lipinski definition) is 7. The number of nitrogens with one attached hydrogen (secondary N) is 1. The van der Waals surface area contributed by atoms with Gasteiger partial charge in [-0.05, 0) is 60.7 Å². The van der Waals surface area contributed by atoms with Crippen LogP contribution in [0.4, 0.5) is 9.59 Å². The molecule has 0 unspecified atom stereocenters. The Hall–Kier alpha value is -3.33. The minimum atomic E-state index is -2.27. The average molecular weight is 740 g/mol. The molecule has 2 amide bonds. The number of guanidine groups is 1. The van der Waals surface area contributed by atoms with Crippen molar-refractivity contribution in [3.63, 3.8) is 0 Å². The summed E-state index contributed by atoms with van der Waals surface area (Å²) in [6.45, 7) is 26.0. The molecule has 1 aliphatic rings. The first-order valence-corrected chi connectivity index (χ1v) is 23.8. The Bertz CT molecular complexity index is 1490. The minimum absolute atomic E-state index is 0.00250. The zero-order valence-corrected chi connectivity index (χ0v) is 34.9. The van der Waals surface area contributed by atoms with E-state index in [9.17, 15) is 14.4 Å². The number of aliphatic imine (C=N–C) groups is 1. The fraction of sp³-hybridized carbons (Fsp3) is 0.590. The Morgan fingerprint density at radius 1 is 0.824 bits per heavy atom. The molecule has 282 valence electrons. The van der Waals surface area contributed by atoms with E-state index < -0.39 is 40.9 Å². The number of rotatable bonds is 11. The van der Waals surface area contributed by atoms with Crippen molar-refractivity contribution in [2.24, 2.45) is 10.9 Å². The third-order valence-electron chi connectivity index (χ3n) is 10.7. The summed E-state index contributed by atoms with van der Waals surface area (Å²) in [4.78, 5) is 46.0. The first-order valence-electron chi connectivity index (χ1n) is 18.0. The maximum absolute atomic E-state index is 13.5. The lowest BCUT2D eigenvalue weighted by Crippen LogP contribution is -2.65. The second-order valence-electron chi connectivity index (χ2n) is 16.8. The summed E-state index contributed by atoms with van der Waals surface area (Å²) in [7, 11) is -4.51. The Balaban J connectivity index is 2.10. The van der Waals surface area contributed by atoms with Crippen LogP contribution in [0.3, 0.4) is 0 Å². The molecule has 0 aromatic heterocycles. The molecule has 10 nitrogen and oxygen atoms in total. The molecule has 1 N–H and O–H groups in total. The number of carbonyl (C=O) groups is 3. The zero-order chi connectivity index (χ0) is 38.2. The number of hydrogen-bond donors (Lipinski definition) is 1. The number of benzene rings is 2. The van der Waals surface area contributed by atoms with Gasteiger partial charge in [0.2, 0.25) is 5.96 Å². The number of ketones is 1. The van der Waals surface area contributed by atoms with E-state index in [-0.39, 0.29) is 60.1 Å². The number of piperidine rings is 1. The SMILES string of the molecule is CC(=O)C[C@H]1C[C@H](O[Si](C)(C)C(C)(C)C)[C@H](C)[C@@H](CO[Si](C)(C)C(C)(C)C)N1/C(=N/C(=O)OCc1ccccc1)NC(=O)OCc1ccccc1. The molecule has 1 saturated heterocycles. The van der Waals surface area contributed by atoms with Crippen molar-refractivity contribution in [1.29, 1.82) is 0 Å². The van der Waals surface area contributed by atoms with Crippen LogP contribution in [0.1, 0.15) is 79.4 Å². The molecule has 2 aromatic rings. The highest BCUT2D eigenvalue weighted by Gasteiger charge is 2.49. The van der Waals surface area contributed by atoms with Crippen LogP contribution >= 0.6 is 0 Å². The van der Waals surface area contributed by atoms with Crippen LogP contribution in [0.15, 0.2) is 65.7 Å². The van der Waals surface area contributed by atoms with Crippen LogP contribution in [0.2, 0.25) is 36.3 Å². The maximum Gasteiger partial charge on any atom is 0.437 e. The van der Waals surface area contributed by atoms with Gasteiger partial charge >= 0.3 is 12.2 Å². The van der Waals surface area contributed by atoms with Crippen LogP contribution in [0, 0.1) is 5.92 Å². The van der Waals surface area contributed by atoms with Crippen LogP contribution in [0.25, 0.3) is 0 Å². The summed E-state index contributed by atoms with van der Waals surface area (Å²) in [6.07, 6.45) is -1.22. The monoisotopic (exact) mass is 739 g/mol. The van der Waals surface area contributed by atoms with Crippen LogP contribution in [-0.4, -0.2) is 70.3 Å². The van der Waals surface area contributed by atoms with E-state index in [2.05, 4.69) is 85.0 Å². The molecule has 51 heavy (non-hydrogen) atoms. The minimum Gasteiger partial charge on any atom is -0.444 e. The molecule has 0 radical (unpaired) electrons. The molecule has 3 rings (SSSR count). The van der Waals surface area contributed by atoms with Crippen LogP contribution in [-0.2, 0) is 36.3 Å². The molecule has 0 bridgehead atoms. The molecule has 1 aliphatic heterocycles. The average Bonchev–Trinajstić information content (AvgIpc) is 3.02. The number of likely N-dealkylation sites (tertiary alicyclic amines) is 1. The van der Waals surface area contributed by atoms with Crippen LogP contribution < -0.4 is 5.32 Å². The molecular formula is C39H61N3O7Si2. The van der Waals surface area contributed by atoms with Gasteiger partial charge in [0.05, 0.1) is 18.8 Å². The summed E-state index contributed by atoms with van der Waals surface area (Å²) >= 11 is 0. The van der Waals surface area contributed by atoms with Gasteiger partial charge in [-0.15, -0.1) is 4.99 Å². The second kappa shape index (κ2) is 17.5. The Morgan fingerprint density at radius 2 is 1.33 bits per heavy atom. The number of ether oxygens (including phenoxy) is 2. The van der Waals surface area contributed by atoms with E-state index in [1.807, 2.05) is 65.6 Å². The lowest BCUT2D eigenvalue weighted by molar-refractivity contribution is -0.119. The van der Waals surface area contributed by atoms with E-state index in [1.54, 1.807) is 6.92 Å². The Labute approximate surface area is 307 Å². The largest absolute Gasteiger partial charge is 0.444 e. The van der Waals surface area contributed by atoms with Crippen molar-refractivity contribution in [2.75, 3.05) is 6.61 Å². The number of carbonyl (C=O) groups excluding carboxylic acids is 3. The first kappa shape index (κ1) is 42.1. The van der Waals surface area contributed by atoms with Crippen LogP contribution in [0.5, 0.6) is 0 Å². The van der Waals surface area contributed by atoms with Gasteiger partial charge in [0.15, 0.2) is 16.6 Å². The number of amides is 2. The molecule has 12 heteroatoms. The normalized spacial score (nSPS) is 20.5. The van der Waals surface area contributed by atoms with Gasteiger partial charge in [-0.25, -0.2) is 9.59 Å². The summed E-state index contributed by atoms with van der Waals surface area (Å²) < 4.78 is 25.1. The van der Waals surface area contributed by atoms with Crippen molar-refractivity contribution in [1.82, 2.24) is 10.2 Å². The summed E-state index contributed by atoms with van der Waals surface area (Å²) in [5.74, 6) is -0.203. The third-order valence-corrected chi connectivity index (χ3v) is 19.7. The molecular weight excluding hydrogens is 679 g/mol. The summed E-state index contributed by atoms with van der Waals surface area (Å²) in [6, 6.07) is 17.8. The van der Waals surface area contributed by atoms with Gasteiger partial charge in [-0.2, -0.15) is 0 Å². The van der Waals surface area contributed by atoms with E-state index in [1.165, 1.54) is 0 Å². The van der Waals surface area contributed by atoms with E-state index in [4.69, 9.17) is 18.3 Å². The van der Waals surface area contributed by atoms with Gasteiger partial charge in [0.25, 0.3) is 0 Å². The highest BCUT2D eigenvalue weighted by atomic mass is 28.4. The van der Waals surface area contributed by atoms with Crippen molar-refractivity contribution in [2.45, 2.75) is 136 Å². The topological polar surface area (TPSA) is 116 Å². The van der Waals surface area contributed by atoms with Crippen molar-refractivity contribution in [3.05, 3.63) is 71.8 Å². The van der Waals surface area contributed by atoms with Gasteiger partial charge in [-0.1, -0.05) is 109 Å². The van der Waals surface area contributed by atoms with Gasteiger partial charge in [-0.3, -0.25) is 10.1 Å². The Kier molecular flexibility index (Phi) is 14.4. The van der Waals surface area contributed by atoms with E-state index in [0.29, 0.717) is 6.42 Å². The number of alkyl carbamates (subject to hydrolysis) is 1. The Morgan fingerprint density at radius 3 is 1.82 bits per heavy atom. The molecule has 1 fully saturated rings. The molecule has 1 heterocycles. The standard InChI is InChI=1S/C39H61N3O7Si2/c1-28(43)23-32-24-34(49-51(11,12)39(6,7)8)29(2)33(27-48-50(9,10)38(3,4)5)42(32)35(40-36(44)46-25-30-19-15-13-16-20-30)41-37(45)47-26-31-21-17-14-18-22-31/h13-22,29,32-34H,23-27H2,1-12H3,(H,40,41,44,45)/t29-,32+,33-,34+/m1/s1. The molecule has 4 atom stereocenters. The fourth-order valence-corrected chi connectivity index (χ4v) is 7.95. The quantitative estimate of drug-likeness (QED) is 0.138. The number of Topliss-reactive ketones (excluding diaryl/α,β-unsaturated/α-hetero) is 1. The molecule has 2 aromatic carbocycles. The lowest BCUT2D eigenvalue weighted by Gasteiger charge is -2.53. The highest BCUT2D eigenvalue weighted by Crippen LogP contribution is 2.42. The van der Waals surface area contributed by atoms with E-state index >= 15 is 0 Å². The lowest BCUT2D eigenvalue weighted by atomic mass is 9.83. The van der Waals surface area contributed by atoms with Gasteiger partial charge in [0, 0.05) is 18.4 Å². The van der Waals surface area contributed by atoms with Crippen molar-refractivity contribution in [3.8, 4) is 0 Å². The predicted octanol–water partition coefficient (Wildman–Crippen LogP) is 9.08. The first-order chi connectivity index (χ1) is 23.6. The number of nitrogens with zero attached hydrogens (tertiary/aromatic N) is 2.